The number of furan rings is 1. The molecule has 9 aromatic rings. The quantitative estimate of drug-likeness (QED) is 0.174. The van der Waals surface area contributed by atoms with Crippen molar-refractivity contribution in [2.75, 3.05) is 4.90 Å². The lowest BCUT2D eigenvalue weighted by Gasteiger charge is -2.32. The summed E-state index contributed by atoms with van der Waals surface area (Å²) in [6.07, 6.45) is 0. The molecule has 0 saturated heterocycles. The fourth-order valence-corrected chi connectivity index (χ4v) is 8.51. The monoisotopic (exact) mass is 679 g/mol. The first-order chi connectivity index (χ1) is 26.1. The molecule has 252 valence electrons. The van der Waals surface area contributed by atoms with Gasteiger partial charge in [0.1, 0.15) is 5.58 Å². The molecule has 10 rings (SSSR count). The lowest BCUT2D eigenvalue weighted by Crippen LogP contribution is -2.21. The molecule has 0 radical (unpaired) electrons. The van der Waals surface area contributed by atoms with Crippen LogP contribution in [0.1, 0.15) is 25.0 Å². The van der Waals surface area contributed by atoms with Gasteiger partial charge in [-0.25, -0.2) is 0 Å². The average Bonchev–Trinajstić information content (AvgIpc) is 3.71. The van der Waals surface area contributed by atoms with Crippen LogP contribution in [-0.2, 0) is 5.41 Å². The van der Waals surface area contributed by atoms with Crippen LogP contribution in [0.2, 0.25) is 0 Å². The highest BCUT2D eigenvalue weighted by Crippen LogP contribution is 2.58. The van der Waals surface area contributed by atoms with Gasteiger partial charge in [0.15, 0.2) is 5.58 Å². The van der Waals surface area contributed by atoms with Crippen molar-refractivity contribution in [2.24, 2.45) is 0 Å². The topological polar surface area (TPSA) is 16.4 Å². The van der Waals surface area contributed by atoms with E-state index in [9.17, 15) is 0 Å². The van der Waals surface area contributed by atoms with E-state index >= 15 is 0 Å². The number of hydrogen-bond donors (Lipinski definition) is 0. The minimum atomic E-state index is -0.279. The van der Waals surface area contributed by atoms with Crippen molar-refractivity contribution in [3.05, 3.63) is 199 Å². The molecule has 0 aliphatic heterocycles. The van der Waals surface area contributed by atoms with Gasteiger partial charge in [0, 0.05) is 33.1 Å². The largest absolute Gasteiger partial charge is 0.453 e. The Balaban J connectivity index is 1.27. The Hall–Kier alpha value is -6.64. The number of rotatable bonds is 6. The molecule has 0 atom stereocenters. The van der Waals surface area contributed by atoms with E-state index in [0.29, 0.717) is 0 Å². The maximum atomic E-state index is 7.31. The van der Waals surface area contributed by atoms with Crippen LogP contribution in [0.4, 0.5) is 17.1 Å². The van der Waals surface area contributed by atoms with Gasteiger partial charge in [-0.1, -0.05) is 166 Å². The van der Waals surface area contributed by atoms with Gasteiger partial charge in [0.25, 0.3) is 0 Å². The number of para-hydroxylation sites is 2. The minimum absolute atomic E-state index is 0.279. The fourth-order valence-electron chi connectivity index (χ4n) is 8.51. The minimum Gasteiger partial charge on any atom is -0.453 e. The first-order valence-corrected chi connectivity index (χ1v) is 18.4. The van der Waals surface area contributed by atoms with E-state index in [4.69, 9.17) is 4.42 Å². The molecule has 1 aromatic heterocycles. The standard InChI is InChI=1S/C51H37NO/c1-51(2)46-27-13-12-24-42(46)44-33-45-43-26-15-25-41(38-21-14-20-37(32-38)35-18-8-4-9-19-35)49(43)53-50(45)48(47(44)51)52(39-22-10-5-11-23-39)40-30-28-36(29-31-40)34-16-6-3-7-17-34/h3-33H,1-2H3. The molecule has 0 saturated carbocycles. The van der Waals surface area contributed by atoms with Crippen molar-refractivity contribution in [2.45, 2.75) is 19.3 Å². The van der Waals surface area contributed by atoms with Gasteiger partial charge in [0.05, 0.1) is 5.69 Å². The number of benzene rings is 8. The van der Waals surface area contributed by atoms with Crippen LogP contribution < -0.4 is 4.90 Å². The maximum absolute atomic E-state index is 7.31. The first-order valence-electron chi connectivity index (χ1n) is 18.4. The zero-order chi connectivity index (χ0) is 35.5. The van der Waals surface area contributed by atoms with Crippen LogP contribution in [0, 0.1) is 0 Å². The molecule has 0 spiro atoms. The zero-order valence-corrected chi connectivity index (χ0v) is 29.8. The van der Waals surface area contributed by atoms with Crippen molar-refractivity contribution in [1.29, 1.82) is 0 Å². The van der Waals surface area contributed by atoms with Crippen LogP contribution in [0.3, 0.4) is 0 Å². The fraction of sp³-hybridized carbons (Fsp3) is 0.0588. The molecular formula is C51H37NO. The van der Waals surface area contributed by atoms with Crippen molar-refractivity contribution in [1.82, 2.24) is 0 Å². The van der Waals surface area contributed by atoms with Gasteiger partial charge in [-0.2, -0.15) is 0 Å². The highest BCUT2D eigenvalue weighted by molar-refractivity contribution is 6.17. The molecule has 0 amide bonds. The van der Waals surface area contributed by atoms with Gasteiger partial charge in [-0.05, 0) is 86.5 Å². The van der Waals surface area contributed by atoms with Gasteiger partial charge in [-0.15, -0.1) is 0 Å². The molecule has 8 aromatic carbocycles. The van der Waals surface area contributed by atoms with Crippen LogP contribution in [-0.4, -0.2) is 0 Å². The second-order valence-electron chi connectivity index (χ2n) is 14.5. The van der Waals surface area contributed by atoms with E-state index in [1.54, 1.807) is 0 Å². The first kappa shape index (κ1) is 31.1. The Kier molecular flexibility index (Phi) is 7.19. The van der Waals surface area contributed by atoms with E-state index in [1.165, 1.54) is 44.5 Å². The summed E-state index contributed by atoms with van der Waals surface area (Å²) in [6.45, 7) is 4.72. The van der Waals surface area contributed by atoms with E-state index in [0.717, 1.165) is 50.1 Å². The summed E-state index contributed by atoms with van der Waals surface area (Å²) in [5, 5.41) is 2.23. The zero-order valence-electron chi connectivity index (χ0n) is 29.8. The summed E-state index contributed by atoms with van der Waals surface area (Å²) in [5.74, 6) is 0. The summed E-state index contributed by atoms with van der Waals surface area (Å²) < 4.78 is 7.31. The third-order valence-corrected chi connectivity index (χ3v) is 11.0. The Morgan fingerprint density at radius 1 is 0.396 bits per heavy atom. The second kappa shape index (κ2) is 12.3. The molecule has 1 aliphatic rings. The predicted octanol–water partition coefficient (Wildman–Crippen LogP) is 14.4. The van der Waals surface area contributed by atoms with E-state index in [2.05, 4.69) is 207 Å². The average molecular weight is 680 g/mol. The molecule has 0 bridgehead atoms. The van der Waals surface area contributed by atoms with E-state index < -0.39 is 0 Å². The van der Waals surface area contributed by atoms with Gasteiger partial charge in [0.2, 0.25) is 0 Å². The van der Waals surface area contributed by atoms with Crippen LogP contribution in [0.15, 0.2) is 192 Å². The smallest absolute Gasteiger partial charge is 0.159 e. The summed E-state index contributed by atoms with van der Waals surface area (Å²) >= 11 is 0. The van der Waals surface area contributed by atoms with Crippen molar-refractivity contribution < 1.29 is 4.42 Å². The Labute approximate surface area is 310 Å². The SMILES string of the molecule is CC1(C)c2ccccc2-c2cc3c(oc4c(-c5cccc(-c6ccccc6)c5)cccc43)c(N(c3ccccc3)c3ccc(-c4ccccc4)cc3)c21. The second-order valence-corrected chi connectivity index (χ2v) is 14.5. The van der Waals surface area contributed by atoms with Crippen LogP contribution >= 0.6 is 0 Å². The molecule has 2 nitrogen and oxygen atoms in total. The number of nitrogens with zero attached hydrogens (tertiary/aromatic N) is 1. The third kappa shape index (κ3) is 5.02. The molecule has 1 aliphatic carbocycles. The summed E-state index contributed by atoms with van der Waals surface area (Å²) in [5.41, 5.74) is 16.9. The maximum Gasteiger partial charge on any atom is 0.159 e. The van der Waals surface area contributed by atoms with Gasteiger partial charge >= 0.3 is 0 Å². The summed E-state index contributed by atoms with van der Waals surface area (Å²) in [4.78, 5) is 2.42. The van der Waals surface area contributed by atoms with Gasteiger partial charge < -0.3 is 9.32 Å². The highest BCUT2D eigenvalue weighted by Gasteiger charge is 2.41. The van der Waals surface area contributed by atoms with Crippen molar-refractivity contribution >= 4 is 39.0 Å². The van der Waals surface area contributed by atoms with Crippen LogP contribution in [0.25, 0.3) is 66.4 Å². The lowest BCUT2D eigenvalue weighted by molar-refractivity contribution is 0.648. The molecule has 0 N–H and O–H groups in total. The molecule has 1 heterocycles. The Bertz CT molecular complexity index is 2780. The highest BCUT2D eigenvalue weighted by atomic mass is 16.3. The van der Waals surface area contributed by atoms with Crippen molar-refractivity contribution in [3.8, 4) is 44.5 Å². The third-order valence-electron chi connectivity index (χ3n) is 11.0. The molecule has 53 heavy (non-hydrogen) atoms. The van der Waals surface area contributed by atoms with Crippen LogP contribution in [0.5, 0.6) is 0 Å². The Morgan fingerprint density at radius 2 is 0.943 bits per heavy atom. The van der Waals surface area contributed by atoms with Gasteiger partial charge in [-0.3, -0.25) is 0 Å². The molecule has 0 fully saturated rings. The number of hydrogen-bond acceptors (Lipinski definition) is 2. The molecule has 0 unspecified atom stereocenters. The number of fused-ring (bicyclic) bond motifs is 6. The lowest BCUT2D eigenvalue weighted by atomic mass is 9.80. The summed E-state index contributed by atoms with van der Waals surface area (Å²) in [6, 6.07) is 67.5. The predicted molar refractivity (Wildman–Crippen MR) is 222 cm³/mol. The summed E-state index contributed by atoms with van der Waals surface area (Å²) in [7, 11) is 0. The molecular weight excluding hydrogens is 643 g/mol. The number of anilines is 3. The van der Waals surface area contributed by atoms with E-state index in [-0.39, 0.29) is 5.41 Å². The molecule has 2 heteroatoms. The normalized spacial score (nSPS) is 12.9. The van der Waals surface area contributed by atoms with Crippen molar-refractivity contribution in [3.63, 3.8) is 0 Å². The van der Waals surface area contributed by atoms with E-state index in [1.807, 2.05) is 0 Å². The Morgan fingerprint density at radius 3 is 1.68 bits per heavy atom.